The quantitative estimate of drug-likeness (QED) is 0.850. The summed E-state index contributed by atoms with van der Waals surface area (Å²) in [6, 6.07) is 1.93. The Morgan fingerprint density at radius 1 is 1.50 bits per heavy atom. The van der Waals surface area contributed by atoms with Crippen molar-refractivity contribution in [3.05, 3.63) is 17.5 Å². The van der Waals surface area contributed by atoms with Crippen molar-refractivity contribution in [1.82, 2.24) is 10.5 Å². The van der Waals surface area contributed by atoms with E-state index in [-0.39, 0.29) is 11.9 Å². The molecule has 0 bridgehead atoms. The van der Waals surface area contributed by atoms with Gasteiger partial charge in [0.25, 0.3) is 5.91 Å². The third kappa shape index (κ3) is 2.84. The van der Waals surface area contributed by atoms with Crippen molar-refractivity contribution in [2.75, 3.05) is 0 Å². The van der Waals surface area contributed by atoms with E-state index in [0.29, 0.717) is 16.3 Å². The first-order chi connectivity index (χ1) is 7.65. The van der Waals surface area contributed by atoms with E-state index in [1.165, 1.54) is 0 Å². The number of nitrogens with zero attached hydrogens (tertiary/aromatic N) is 1. The number of aryl methyl sites for hydroxylation is 1. The molecule has 4 nitrogen and oxygen atoms in total. The van der Waals surface area contributed by atoms with Gasteiger partial charge in [-0.3, -0.25) is 4.79 Å². The van der Waals surface area contributed by atoms with Crippen LogP contribution in [0.1, 0.15) is 41.9 Å². The lowest BCUT2D eigenvalue weighted by Gasteiger charge is -2.25. The molecule has 0 radical (unpaired) electrons. The van der Waals surface area contributed by atoms with Crippen LogP contribution in [-0.2, 0) is 0 Å². The Labute approximate surface area is 103 Å². The highest BCUT2D eigenvalue weighted by Crippen LogP contribution is 2.24. The van der Waals surface area contributed by atoms with Gasteiger partial charge in [0.1, 0.15) is 5.76 Å². The molecule has 1 heterocycles. The fourth-order valence-electron chi connectivity index (χ4n) is 1.93. The Bertz CT molecular complexity index is 370. The normalized spacial score (nSPS) is 25.4. The van der Waals surface area contributed by atoms with Gasteiger partial charge in [-0.2, -0.15) is 0 Å². The summed E-state index contributed by atoms with van der Waals surface area (Å²) in [6.45, 7) is 1.78. The standard InChI is InChI=1S/C11H15BrN2O2/c1-7-6-10(14-16-7)11(15)13-9-4-2-8(12)3-5-9/h6,8-9H,2-5H2,1H3,(H,13,15). The summed E-state index contributed by atoms with van der Waals surface area (Å²) >= 11 is 3.59. The maximum Gasteiger partial charge on any atom is 0.273 e. The van der Waals surface area contributed by atoms with Crippen molar-refractivity contribution in [3.8, 4) is 0 Å². The van der Waals surface area contributed by atoms with Crippen LogP contribution in [0.2, 0.25) is 0 Å². The molecule has 1 amide bonds. The van der Waals surface area contributed by atoms with Gasteiger partial charge in [0, 0.05) is 16.9 Å². The molecule has 5 heteroatoms. The van der Waals surface area contributed by atoms with Gasteiger partial charge in [-0.25, -0.2) is 0 Å². The number of carbonyl (C=O) groups excluding carboxylic acids is 1. The van der Waals surface area contributed by atoms with E-state index >= 15 is 0 Å². The second kappa shape index (κ2) is 4.99. The second-order valence-electron chi connectivity index (χ2n) is 4.25. The number of amides is 1. The number of aromatic nitrogens is 1. The van der Waals surface area contributed by atoms with Gasteiger partial charge in [0.2, 0.25) is 0 Å². The maximum atomic E-state index is 11.8. The predicted octanol–water partition coefficient (Wildman–Crippen LogP) is 2.42. The Morgan fingerprint density at radius 2 is 2.19 bits per heavy atom. The maximum absolute atomic E-state index is 11.8. The summed E-state index contributed by atoms with van der Waals surface area (Å²) < 4.78 is 4.87. The third-order valence-electron chi connectivity index (χ3n) is 2.85. The summed E-state index contributed by atoms with van der Waals surface area (Å²) in [4.78, 5) is 12.4. The smallest absolute Gasteiger partial charge is 0.273 e. The monoisotopic (exact) mass is 286 g/mol. The van der Waals surface area contributed by atoms with E-state index in [0.717, 1.165) is 25.7 Å². The Hall–Kier alpha value is -0.840. The molecule has 0 spiro atoms. The van der Waals surface area contributed by atoms with Gasteiger partial charge in [-0.1, -0.05) is 21.1 Å². The minimum absolute atomic E-state index is 0.130. The van der Waals surface area contributed by atoms with Crippen LogP contribution in [0, 0.1) is 6.92 Å². The molecule has 16 heavy (non-hydrogen) atoms. The number of rotatable bonds is 2. The van der Waals surface area contributed by atoms with Crippen molar-refractivity contribution in [3.63, 3.8) is 0 Å². The van der Waals surface area contributed by atoms with Crippen LogP contribution in [0.25, 0.3) is 0 Å². The highest BCUT2D eigenvalue weighted by atomic mass is 79.9. The fourth-order valence-corrected chi connectivity index (χ4v) is 2.46. The van der Waals surface area contributed by atoms with E-state index in [1.807, 2.05) is 0 Å². The van der Waals surface area contributed by atoms with Crippen molar-refractivity contribution in [2.45, 2.75) is 43.5 Å². The zero-order valence-electron chi connectivity index (χ0n) is 9.20. The highest BCUT2D eigenvalue weighted by molar-refractivity contribution is 9.09. The van der Waals surface area contributed by atoms with Gasteiger partial charge in [0.15, 0.2) is 5.69 Å². The van der Waals surface area contributed by atoms with E-state index in [2.05, 4.69) is 26.4 Å². The van der Waals surface area contributed by atoms with Crippen LogP contribution >= 0.6 is 15.9 Å². The molecule has 0 aliphatic heterocycles. The van der Waals surface area contributed by atoms with Crippen molar-refractivity contribution in [2.24, 2.45) is 0 Å². The topological polar surface area (TPSA) is 55.1 Å². The predicted molar refractivity (Wildman–Crippen MR) is 63.7 cm³/mol. The molecule has 1 aromatic heterocycles. The molecule has 0 atom stereocenters. The summed E-state index contributed by atoms with van der Waals surface area (Å²) in [5.74, 6) is 0.532. The number of hydrogen-bond acceptors (Lipinski definition) is 3. The molecular weight excluding hydrogens is 272 g/mol. The molecule has 1 aliphatic rings. The van der Waals surface area contributed by atoms with Crippen LogP contribution in [0.3, 0.4) is 0 Å². The number of hydrogen-bond donors (Lipinski definition) is 1. The zero-order valence-corrected chi connectivity index (χ0v) is 10.8. The van der Waals surface area contributed by atoms with Crippen molar-refractivity contribution in [1.29, 1.82) is 0 Å². The molecule has 0 aromatic carbocycles. The van der Waals surface area contributed by atoms with Crippen LogP contribution in [0.4, 0.5) is 0 Å². The Balaban J connectivity index is 1.88. The lowest BCUT2D eigenvalue weighted by molar-refractivity contribution is 0.0919. The summed E-state index contributed by atoms with van der Waals surface area (Å²) in [5, 5.41) is 6.69. The molecule has 88 valence electrons. The van der Waals surface area contributed by atoms with Crippen LogP contribution in [0.5, 0.6) is 0 Å². The summed E-state index contributed by atoms with van der Waals surface area (Å²) in [5.41, 5.74) is 0.374. The zero-order chi connectivity index (χ0) is 11.5. The van der Waals surface area contributed by atoms with Crippen LogP contribution in [-0.4, -0.2) is 21.9 Å². The molecular formula is C11H15BrN2O2. The number of alkyl halides is 1. The summed E-state index contributed by atoms with van der Waals surface area (Å²) in [7, 11) is 0. The number of nitrogens with one attached hydrogen (secondary N) is 1. The first-order valence-corrected chi connectivity index (χ1v) is 6.45. The van der Waals surface area contributed by atoms with Gasteiger partial charge >= 0.3 is 0 Å². The second-order valence-corrected chi connectivity index (χ2v) is 5.54. The molecule has 1 N–H and O–H groups in total. The average molecular weight is 287 g/mol. The largest absolute Gasteiger partial charge is 0.361 e. The average Bonchev–Trinajstić information content (AvgIpc) is 2.68. The fraction of sp³-hybridized carbons (Fsp3) is 0.636. The van der Waals surface area contributed by atoms with E-state index < -0.39 is 0 Å². The Kier molecular flexibility index (Phi) is 3.63. The van der Waals surface area contributed by atoms with Gasteiger partial charge < -0.3 is 9.84 Å². The first kappa shape index (κ1) is 11.6. The van der Waals surface area contributed by atoms with E-state index in [9.17, 15) is 4.79 Å². The Morgan fingerprint density at radius 3 is 2.75 bits per heavy atom. The van der Waals surface area contributed by atoms with Crippen LogP contribution < -0.4 is 5.32 Å². The van der Waals surface area contributed by atoms with Gasteiger partial charge in [-0.15, -0.1) is 0 Å². The van der Waals surface area contributed by atoms with E-state index in [1.54, 1.807) is 13.0 Å². The molecule has 1 aromatic rings. The highest BCUT2D eigenvalue weighted by Gasteiger charge is 2.22. The molecule has 2 rings (SSSR count). The lowest BCUT2D eigenvalue weighted by Crippen LogP contribution is -2.37. The molecule has 1 fully saturated rings. The summed E-state index contributed by atoms with van der Waals surface area (Å²) in [6.07, 6.45) is 4.28. The lowest BCUT2D eigenvalue weighted by atomic mass is 9.95. The van der Waals surface area contributed by atoms with Crippen LogP contribution in [0.15, 0.2) is 10.6 Å². The van der Waals surface area contributed by atoms with Crippen molar-refractivity contribution < 1.29 is 9.32 Å². The molecule has 1 aliphatic carbocycles. The van der Waals surface area contributed by atoms with Crippen molar-refractivity contribution >= 4 is 21.8 Å². The first-order valence-electron chi connectivity index (χ1n) is 5.53. The molecule has 1 saturated carbocycles. The number of carbonyl (C=O) groups is 1. The minimum Gasteiger partial charge on any atom is -0.361 e. The third-order valence-corrected chi connectivity index (χ3v) is 3.77. The number of halogens is 1. The molecule has 0 unspecified atom stereocenters. The van der Waals surface area contributed by atoms with Gasteiger partial charge in [0.05, 0.1) is 0 Å². The molecule has 0 saturated heterocycles. The minimum atomic E-state index is -0.130. The SMILES string of the molecule is Cc1cc(C(=O)NC2CCC(Br)CC2)no1. The van der Waals surface area contributed by atoms with Gasteiger partial charge in [-0.05, 0) is 32.6 Å². The van der Waals surface area contributed by atoms with E-state index in [4.69, 9.17) is 4.52 Å².